The third kappa shape index (κ3) is 5.74. The number of rotatable bonds is 8. The normalized spacial score (nSPS) is 10.9. The smallest absolute Gasteiger partial charge is 0.241 e. The van der Waals surface area contributed by atoms with Crippen molar-refractivity contribution in [3.8, 4) is 0 Å². The molecule has 102 valence electrons. The minimum Gasteiger partial charge on any atom is -0.354 e. The van der Waals surface area contributed by atoms with Crippen molar-refractivity contribution in [2.24, 2.45) is 5.73 Å². The quantitative estimate of drug-likeness (QED) is 0.593. The molecular formula is C11H22N6O. The van der Waals surface area contributed by atoms with Crippen molar-refractivity contribution in [3.63, 3.8) is 0 Å². The van der Waals surface area contributed by atoms with Crippen molar-refractivity contribution in [1.29, 1.82) is 0 Å². The van der Waals surface area contributed by atoms with E-state index in [-0.39, 0.29) is 12.5 Å². The number of hydrogen-bond donors (Lipinski definition) is 2. The Kier molecular flexibility index (Phi) is 6.31. The lowest BCUT2D eigenvalue weighted by Crippen LogP contribution is -2.29. The van der Waals surface area contributed by atoms with E-state index < -0.39 is 0 Å². The van der Waals surface area contributed by atoms with Crippen LogP contribution in [0.4, 0.5) is 0 Å². The highest BCUT2D eigenvalue weighted by molar-refractivity contribution is 5.75. The zero-order chi connectivity index (χ0) is 13.4. The molecule has 1 amide bonds. The summed E-state index contributed by atoms with van der Waals surface area (Å²) in [5.74, 6) is -0.0478. The Balaban J connectivity index is 2.13. The Bertz CT molecular complexity index is 362. The molecule has 1 aromatic heterocycles. The summed E-state index contributed by atoms with van der Waals surface area (Å²) in [5.41, 5.74) is 6.10. The number of nitrogens with zero attached hydrogens (tertiary/aromatic N) is 4. The fraction of sp³-hybridized carbons (Fsp3) is 0.727. The van der Waals surface area contributed by atoms with Crippen LogP contribution in [0.15, 0.2) is 6.20 Å². The molecule has 0 radical (unpaired) electrons. The van der Waals surface area contributed by atoms with Crippen molar-refractivity contribution in [1.82, 2.24) is 25.2 Å². The maximum absolute atomic E-state index is 11.6. The van der Waals surface area contributed by atoms with E-state index in [1.54, 1.807) is 6.20 Å². The standard InChI is InChI=1S/C11H22N6O/c1-16(2)6-4-3-5-13-11(18)9-17-8-10(7-12)14-15-17/h8H,3-7,9,12H2,1-2H3,(H,13,18). The molecule has 7 nitrogen and oxygen atoms in total. The van der Waals surface area contributed by atoms with Crippen molar-refractivity contribution >= 4 is 5.91 Å². The van der Waals surface area contributed by atoms with E-state index >= 15 is 0 Å². The van der Waals surface area contributed by atoms with Gasteiger partial charge in [0, 0.05) is 13.1 Å². The number of nitrogens with two attached hydrogens (primary N) is 1. The molecule has 0 aliphatic heterocycles. The number of hydrogen-bond acceptors (Lipinski definition) is 5. The van der Waals surface area contributed by atoms with Gasteiger partial charge in [0.25, 0.3) is 0 Å². The molecule has 7 heteroatoms. The molecule has 3 N–H and O–H groups in total. The van der Waals surface area contributed by atoms with Gasteiger partial charge in [0.15, 0.2) is 0 Å². The second-order valence-corrected chi connectivity index (χ2v) is 4.47. The van der Waals surface area contributed by atoms with Crippen LogP contribution in [0, 0.1) is 0 Å². The molecule has 0 bridgehead atoms. The van der Waals surface area contributed by atoms with Crippen LogP contribution in [0.2, 0.25) is 0 Å². The third-order valence-electron chi connectivity index (χ3n) is 2.46. The molecule has 0 aliphatic rings. The van der Waals surface area contributed by atoms with Crippen LogP contribution >= 0.6 is 0 Å². The molecule has 0 spiro atoms. The zero-order valence-corrected chi connectivity index (χ0v) is 11.1. The van der Waals surface area contributed by atoms with Gasteiger partial charge in [-0.05, 0) is 33.5 Å². The van der Waals surface area contributed by atoms with Crippen LogP contribution in [-0.2, 0) is 17.9 Å². The second kappa shape index (κ2) is 7.78. The highest BCUT2D eigenvalue weighted by atomic mass is 16.2. The summed E-state index contributed by atoms with van der Waals surface area (Å²) in [5, 5.41) is 10.5. The Hall–Kier alpha value is -1.47. The number of nitrogens with one attached hydrogen (secondary N) is 1. The van der Waals surface area contributed by atoms with Gasteiger partial charge in [0.2, 0.25) is 5.91 Å². The van der Waals surface area contributed by atoms with Gasteiger partial charge < -0.3 is 16.0 Å². The summed E-state index contributed by atoms with van der Waals surface area (Å²) in [6.07, 6.45) is 3.74. The van der Waals surface area contributed by atoms with Crippen LogP contribution in [0.3, 0.4) is 0 Å². The van der Waals surface area contributed by atoms with Crippen molar-refractivity contribution in [2.45, 2.75) is 25.9 Å². The summed E-state index contributed by atoms with van der Waals surface area (Å²) < 4.78 is 1.50. The largest absolute Gasteiger partial charge is 0.354 e. The average Bonchev–Trinajstić information content (AvgIpc) is 2.76. The van der Waals surface area contributed by atoms with Crippen LogP contribution in [0.1, 0.15) is 18.5 Å². The van der Waals surface area contributed by atoms with E-state index in [2.05, 4.69) is 20.5 Å². The monoisotopic (exact) mass is 254 g/mol. The molecule has 1 heterocycles. The summed E-state index contributed by atoms with van der Waals surface area (Å²) in [6.45, 7) is 2.27. The first-order valence-corrected chi connectivity index (χ1v) is 6.12. The maximum Gasteiger partial charge on any atom is 0.241 e. The van der Waals surface area contributed by atoms with Gasteiger partial charge in [-0.25, -0.2) is 4.68 Å². The Morgan fingerprint density at radius 3 is 2.89 bits per heavy atom. The lowest BCUT2D eigenvalue weighted by atomic mass is 10.3. The average molecular weight is 254 g/mol. The van der Waals surface area contributed by atoms with Crippen LogP contribution < -0.4 is 11.1 Å². The Labute approximate surface area is 107 Å². The van der Waals surface area contributed by atoms with E-state index in [1.807, 2.05) is 14.1 Å². The Morgan fingerprint density at radius 2 is 2.28 bits per heavy atom. The maximum atomic E-state index is 11.6. The Morgan fingerprint density at radius 1 is 1.50 bits per heavy atom. The molecule has 0 aromatic carbocycles. The predicted molar refractivity (Wildman–Crippen MR) is 68.7 cm³/mol. The van der Waals surface area contributed by atoms with Gasteiger partial charge in [-0.3, -0.25) is 4.79 Å². The first-order chi connectivity index (χ1) is 8.61. The van der Waals surface area contributed by atoms with Gasteiger partial charge in [-0.1, -0.05) is 5.21 Å². The molecule has 0 unspecified atom stereocenters. The highest BCUT2D eigenvalue weighted by Crippen LogP contribution is 1.92. The molecular weight excluding hydrogens is 232 g/mol. The van der Waals surface area contributed by atoms with Gasteiger partial charge in [-0.2, -0.15) is 0 Å². The van der Waals surface area contributed by atoms with Gasteiger partial charge in [0.05, 0.1) is 11.9 Å². The molecule has 0 atom stereocenters. The third-order valence-corrected chi connectivity index (χ3v) is 2.46. The van der Waals surface area contributed by atoms with E-state index in [0.717, 1.165) is 19.4 Å². The van der Waals surface area contributed by atoms with E-state index in [0.29, 0.717) is 18.8 Å². The summed E-state index contributed by atoms with van der Waals surface area (Å²) in [6, 6.07) is 0. The van der Waals surface area contributed by atoms with Crippen molar-refractivity contribution in [3.05, 3.63) is 11.9 Å². The molecule has 18 heavy (non-hydrogen) atoms. The van der Waals surface area contributed by atoms with Gasteiger partial charge >= 0.3 is 0 Å². The van der Waals surface area contributed by atoms with Gasteiger partial charge in [0.1, 0.15) is 6.54 Å². The first kappa shape index (κ1) is 14.6. The molecule has 0 fully saturated rings. The fourth-order valence-electron chi connectivity index (χ4n) is 1.49. The van der Waals surface area contributed by atoms with Crippen molar-refractivity contribution in [2.75, 3.05) is 27.2 Å². The van der Waals surface area contributed by atoms with Gasteiger partial charge in [-0.15, -0.1) is 5.10 Å². The first-order valence-electron chi connectivity index (χ1n) is 6.12. The van der Waals surface area contributed by atoms with Crippen LogP contribution in [-0.4, -0.2) is 53.0 Å². The second-order valence-electron chi connectivity index (χ2n) is 4.47. The minimum absolute atomic E-state index is 0.0478. The molecule has 0 saturated carbocycles. The summed E-state index contributed by atoms with van der Waals surface area (Å²) in [4.78, 5) is 13.7. The van der Waals surface area contributed by atoms with E-state index in [4.69, 9.17) is 5.73 Å². The molecule has 1 rings (SSSR count). The molecule has 0 aliphatic carbocycles. The molecule has 1 aromatic rings. The SMILES string of the molecule is CN(C)CCCCNC(=O)Cn1cc(CN)nn1. The number of amides is 1. The van der Waals surface area contributed by atoms with E-state index in [9.17, 15) is 4.79 Å². The summed E-state index contributed by atoms with van der Waals surface area (Å²) in [7, 11) is 4.08. The topological polar surface area (TPSA) is 89.1 Å². The number of carbonyl (C=O) groups is 1. The lowest BCUT2D eigenvalue weighted by molar-refractivity contribution is -0.121. The zero-order valence-electron chi connectivity index (χ0n) is 11.1. The lowest BCUT2D eigenvalue weighted by Gasteiger charge is -2.09. The number of unbranched alkanes of at least 4 members (excludes halogenated alkanes) is 1. The van der Waals surface area contributed by atoms with E-state index in [1.165, 1.54) is 4.68 Å². The number of aromatic nitrogens is 3. The number of carbonyl (C=O) groups excluding carboxylic acids is 1. The van der Waals surface area contributed by atoms with Crippen molar-refractivity contribution < 1.29 is 4.79 Å². The van der Waals surface area contributed by atoms with Crippen LogP contribution in [0.5, 0.6) is 0 Å². The minimum atomic E-state index is -0.0478. The fourth-order valence-corrected chi connectivity index (χ4v) is 1.49. The summed E-state index contributed by atoms with van der Waals surface area (Å²) >= 11 is 0. The highest BCUT2D eigenvalue weighted by Gasteiger charge is 2.04. The molecule has 0 saturated heterocycles. The van der Waals surface area contributed by atoms with Crippen LogP contribution in [0.25, 0.3) is 0 Å². The predicted octanol–water partition coefficient (Wildman–Crippen LogP) is -0.805.